The van der Waals surface area contributed by atoms with Gasteiger partial charge in [0.2, 0.25) is 0 Å². The van der Waals surface area contributed by atoms with E-state index in [0.29, 0.717) is 11.3 Å². The van der Waals surface area contributed by atoms with Crippen molar-refractivity contribution in [3.8, 4) is 22.5 Å². The summed E-state index contributed by atoms with van der Waals surface area (Å²) in [6, 6.07) is 31.7. The van der Waals surface area contributed by atoms with Gasteiger partial charge in [-0.15, -0.1) is 54.1 Å². The molecule has 5 heteroatoms. The van der Waals surface area contributed by atoms with E-state index in [2.05, 4.69) is 47.8 Å². The Morgan fingerprint density at radius 1 is 0.886 bits per heavy atom. The van der Waals surface area contributed by atoms with Gasteiger partial charge >= 0.3 is 0 Å². The summed E-state index contributed by atoms with van der Waals surface area (Å²) in [5.41, 5.74) is 6.05. The van der Waals surface area contributed by atoms with Crippen LogP contribution in [0.5, 0.6) is 0 Å². The number of pyridine rings is 2. The van der Waals surface area contributed by atoms with Gasteiger partial charge in [0.15, 0.2) is 0 Å². The van der Waals surface area contributed by atoms with Crippen LogP contribution in [0.25, 0.3) is 44.5 Å². The van der Waals surface area contributed by atoms with Gasteiger partial charge < -0.3 is 14.4 Å². The summed E-state index contributed by atoms with van der Waals surface area (Å²) in [6.45, 7) is 16.5. The summed E-state index contributed by atoms with van der Waals surface area (Å²) in [6.07, 6.45) is 2.16. The Morgan fingerprint density at radius 3 is 2.32 bits per heavy atom. The Bertz CT molecular complexity index is 1990. The molecule has 3 aromatic heterocycles. The number of hydrogen-bond acceptors (Lipinski definition) is 3. The molecular formula is C39H42IrN2OSi-2. The largest absolute Gasteiger partial charge is 0.501 e. The normalized spacial score (nSPS) is 13.3. The van der Waals surface area contributed by atoms with Gasteiger partial charge in [-0.2, -0.15) is 0 Å². The van der Waals surface area contributed by atoms with Crippen molar-refractivity contribution in [3.63, 3.8) is 0 Å². The molecule has 1 radical (unpaired) electrons. The van der Waals surface area contributed by atoms with Crippen molar-refractivity contribution in [1.29, 1.82) is 0 Å². The molecule has 0 saturated heterocycles. The summed E-state index contributed by atoms with van der Waals surface area (Å²) < 4.78 is 31.6. The van der Waals surface area contributed by atoms with Gasteiger partial charge in [0.25, 0.3) is 0 Å². The quantitative estimate of drug-likeness (QED) is 0.129. The second kappa shape index (κ2) is 13.7. The zero-order chi connectivity index (χ0) is 33.5. The van der Waals surface area contributed by atoms with Crippen molar-refractivity contribution in [2.24, 2.45) is 5.41 Å². The summed E-state index contributed by atoms with van der Waals surface area (Å²) >= 11 is 0. The number of furan rings is 1. The molecule has 0 bridgehead atoms. The van der Waals surface area contributed by atoms with E-state index >= 15 is 0 Å². The molecule has 0 aliphatic carbocycles. The zero-order valence-corrected chi connectivity index (χ0v) is 30.2. The third kappa shape index (κ3) is 7.82. The summed E-state index contributed by atoms with van der Waals surface area (Å²) in [4.78, 5) is 9.08. The molecule has 0 spiro atoms. The molecule has 0 fully saturated rings. The number of fused-ring (bicyclic) bond motifs is 3. The van der Waals surface area contributed by atoms with Gasteiger partial charge in [-0.05, 0) is 46.4 Å². The smallest absolute Gasteiger partial charge is 0.120 e. The van der Waals surface area contributed by atoms with Gasteiger partial charge in [0, 0.05) is 42.0 Å². The van der Waals surface area contributed by atoms with E-state index in [4.69, 9.17) is 8.53 Å². The molecule has 0 unspecified atom stereocenters. The predicted octanol–water partition coefficient (Wildman–Crippen LogP) is 10.3. The molecule has 0 atom stereocenters. The minimum absolute atomic E-state index is 0. The van der Waals surface area contributed by atoms with Crippen molar-refractivity contribution in [2.75, 3.05) is 0 Å². The number of para-hydroxylation sites is 1. The summed E-state index contributed by atoms with van der Waals surface area (Å²) in [7, 11) is -1.50. The molecule has 3 heterocycles. The number of rotatable bonds is 5. The number of benzene rings is 3. The Morgan fingerprint density at radius 2 is 1.64 bits per heavy atom. The van der Waals surface area contributed by atoms with Crippen LogP contribution in [0.4, 0.5) is 0 Å². The monoisotopic (exact) mass is 778 g/mol. The molecule has 0 aliphatic rings. The van der Waals surface area contributed by atoms with Crippen LogP contribution in [-0.4, -0.2) is 18.0 Å². The van der Waals surface area contributed by atoms with Crippen LogP contribution in [0.15, 0.2) is 95.7 Å². The maximum atomic E-state index is 8.53. The molecular weight excluding hydrogens is 733 g/mol. The predicted molar refractivity (Wildman–Crippen MR) is 185 cm³/mol. The van der Waals surface area contributed by atoms with Crippen LogP contribution < -0.4 is 5.19 Å². The van der Waals surface area contributed by atoms with Crippen LogP contribution in [0.1, 0.15) is 55.8 Å². The van der Waals surface area contributed by atoms with Crippen molar-refractivity contribution in [3.05, 3.63) is 115 Å². The first-order valence-corrected chi connectivity index (χ1v) is 18.3. The standard InChI is InChI=1S/C22H20NO.C17H22NSi.Ir/c1-22(2,3)14-15-11-12-23-19(13-15)18-9-6-8-17-16-7-4-5-10-20(16)24-21(17)18;1-13(2)15-11-16(14-9-7-6-8-10-14)18-12-17(15)19(3,4)5;/h4-8,10-13H,14H2,1-3H3;6-9,11-13H,1-5H3;/q2*-1;/i14D2;13D;. The maximum absolute atomic E-state index is 8.53. The Kier molecular flexibility index (Phi) is 9.15. The molecule has 3 nitrogen and oxygen atoms in total. The maximum Gasteiger partial charge on any atom is 0.120 e. The first-order chi connectivity index (χ1) is 21.5. The van der Waals surface area contributed by atoms with Gasteiger partial charge in [0.1, 0.15) is 5.58 Å². The third-order valence-corrected chi connectivity index (χ3v) is 9.12. The fraction of sp³-hybridized carbons (Fsp3) is 0.282. The molecule has 0 amide bonds. The summed E-state index contributed by atoms with van der Waals surface area (Å²) in [5, 5.41) is 3.34. The van der Waals surface area contributed by atoms with Crippen LogP contribution in [0.2, 0.25) is 19.6 Å². The first-order valence-electron chi connectivity index (χ1n) is 16.3. The third-order valence-electron chi connectivity index (χ3n) is 7.11. The average Bonchev–Trinajstić information content (AvgIpc) is 3.39. The van der Waals surface area contributed by atoms with Crippen LogP contribution >= 0.6 is 0 Å². The SMILES string of the molecule is [2H]C(C)(C)c1cc(-c2[c-]cccc2)ncc1[Si](C)(C)C.[2H]C([2H])(c1ccnc(-c2[c-]ccc3c2oc2ccccc23)c1)C(C)(C)C.[Ir]. The van der Waals surface area contributed by atoms with E-state index in [-0.39, 0.29) is 20.1 Å². The van der Waals surface area contributed by atoms with Gasteiger partial charge in [0.05, 0.1) is 13.7 Å². The molecule has 0 saturated carbocycles. The fourth-order valence-corrected chi connectivity index (χ4v) is 6.71. The number of hydrogen-bond donors (Lipinski definition) is 0. The molecule has 6 aromatic rings. The second-order valence-corrected chi connectivity index (χ2v) is 18.2. The summed E-state index contributed by atoms with van der Waals surface area (Å²) in [5.74, 6) is -0.609. The molecule has 229 valence electrons. The van der Waals surface area contributed by atoms with E-state index < -0.39 is 25.8 Å². The topological polar surface area (TPSA) is 38.9 Å². The fourth-order valence-electron chi connectivity index (χ4n) is 5.13. The Hall–Kier alpha value is -3.37. The van der Waals surface area contributed by atoms with Crippen LogP contribution in [0.3, 0.4) is 0 Å². The van der Waals surface area contributed by atoms with Crippen LogP contribution in [-0.2, 0) is 26.5 Å². The molecule has 0 aliphatic heterocycles. The number of aromatic nitrogens is 2. The van der Waals surface area contributed by atoms with E-state index in [1.807, 2.05) is 108 Å². The van der Waals surface area contributed by atoms with Gasteiger partial charge in [-0.1, -0.05) is 107 Å². The minimum Gasteiger partial charge on any atom is -0.501 e. The van der Waals surface area contributed by atoms with Crippen molar-refractivity contribution < 1.29 is 28.6 Å². The van der Waals surface area contributed by atoms with Crippen LogP contribution in [0, 0.1) is 17.5 Å². The Balaban J connectivity index is 0.000000216. The first kappa shape index (κ1) is 29.3. The van der Waals surface area contributed by atoms with Gasteiger partial charge in [-0.3, -0.25) is 0 Å². The van der Waals surface area contributed by atoms with E-state index in [1.54, 1.807) is 12.3 Å². The van der Waals surface area contributed by atoms with E-state index in [1.165, 1.54) is 5.19 Å². The van der Waals surface area contributed by atoms with Crippen molar-refractivity contribution >= 4 is 35.2 Å². The molecule has 3 aromatic carbocycles. The average molecular weight is 778 g/mol. The Labute approximate surface area is 281 Å². The molecule has 6 rings (SSSR count). The minimum atomic E-state index is -1.50. The van der Waals surface area contributed by atoms with Crippen molar-refractivity contribution in [1.82, 2.24) is 9.97 Å². The van der Waals surface area contributed by atoms with Gasteiger partial charge in [-0.25, -0.2) is 0 Å². The molecule has 0 N–H and O–H groups in total. The number of nitrogens with zero attached hydrogens (tertiary/aromatic N) is 2. The molecule has 44 heavy (non-hydrogen) atoms. The second-order valence-electron chi connectivity index (χ2n) is 13.1. The van der Waals surface area contributed by atoms with E-state index in [9.17, 15) is 0 Å². The van der Waals surface area contributed by atoms with E-state index in [0.717, 1.165) is 44.3 Å². The zero-order valence-electron chi connectivity index (χ0n) is 29.8. The van der Waals surface area contributed by atoms with Crippen molar-refractivity contribution in [2.45, 2.75) is 66.5 Å².